The van der Waals surface area contributed by atoms with E-state index in [2.05, 4.69) is 189 Å². The number of likely N-dealkylation sites (N-methyl/N-ethyl adjacent to an activating group) is 2. The number of aryl methyl sites for hydroxylation is 5. The van der Waals surface area contributed by atoms with Crippen LogP contribution >= 0.6 is 0 Å². The molecule has 6 aromatic rings. The first-order valence-electron chi connectivity index (χ1n) is 27.3. The van der Waals surface area contributed by atoms with Crippen molar-refractivity contribution in [1.82, 2.24) is 0 Å². The quantitative estimate of drug-likeness (QED) is 0.201. The predicted molar refractivity (Wildman–Crippen MR) is 293 cm³/mol. The lowest BCUT2D eigenvalue weighted by atomic mass is 9.75. The Morgan fingerprint density at radius 2 is 1.10 bits per heavy atom. The minimum absolute atomic E-state index is 0. The van der Waals surface area contributed by atoms with E-state index in [1.807, 2.05) is 0 Å². The third-order valence-corrected chi connectivity index (χ3v) is 17.5. The number of hydrogen-bond acceptors (Lipinski definition) is 1. The molecule has 2 aliphatic carbocycles. The standard InChI is InChI=1S/C22H25NO.C22H27N.C22H29N.3ClH/c1-4-23-12-11-19-21(14-23)18-10-5-15(2)13-20(18)22(19)16-6-8-17(24-3)9-7-16;1-4-23-12-11-19-21(14-23)18-10-7-16(3)13-20(18)22(19)17-8-5-15(2)6-9-17;1-4-23-14-12-20(13-15-23)22(19-10-8-17(2)9-11-19)21-7-5-6-18(3)16-21;;;/h5-10,13,21H,4,11-12,14H2,1-3H3;5-10,13,19,21-22H,4,11-12,14H2,1-3H3;5-11,16,20,22H,4,12-15H2,1-3H3;3*1H/t21-;19-,21-,22+;22-;;;/m110.../s1. The summed E-state index contributed by atoms with van der Waals surface area (Å²) >= 11 is 0. The maximum atomic E-state index is 5.34. The second kappa shape index (κ2) is 26.4. The third-order valence-electron chi connectivity index (χ3n) is 17.5. The Morgan fingerprint density at radius 1 is 0.521 bits per heavy atom. The second-order valence-corrected chi connectivity index (χ2v) is 22.0. The van der Waals surface area contributed by atoms with Crippen LogP contribution in [0.3, 0.4) is 0 Å². The van der Waals surface area contributed by atoms with Crippen molar-refractivity contribution < 1.29 is 56.7 Å². The number of methoxy groups -OCH3 is 1. The summed E-state index contributed by atoms with van der Waals surface area (Å²) < 4.78 is 5.34. The molecule has 0 saturated carbocycles. The molecule has 11 rings (SSSR count). The van der Waals surface area contributed by atoms with Gasteiger partial charge in [0.1, 0.15) is 5.75 Å². The number of ether oxygens (including phenoxy) is 1. The number of likely N-dealkylation sites (tertiary alicyclic amines) is 3. The number of piperidine rings is 3. The Morgan fingerprint density at radius 3 is 1.73 bits per heavy atom. The first-order valence-corrected chi connectivity index (χ1v) is 27.3. The fourth-order valence-corrected chi connectivity index (χ4v) is 13.4. The number of benzene rings is 6. The summed E-state index contributed by atoms with van der Waals surface area (Å²) in [5.74, 6) is 5.00. The number of nitrogens with one attached hydrogen (secondary N) is 3. The molecule has 390 valence electrons. The number of fused-ring (bicyclic) bond motifs is 6. The Balaban J connectivity index is 0.000000175. The Bertz CT molecular complexity index is 2680. The van der Waals surface area contributed by atoms with Crippen LogP contribution in [0.1, 0.15) is 142 Å². The van der Waals surface area contributed by atoms with E-state index in [9.17, 15) is 0 Å². The zero-order valence-electron chi connectivity index (χ0n) is 45.4. The lowest BCUT2D eigenvalue weighted by Crippen LogP contribution is -3.13. The van der Waals surface area contributed by atoms with E-state index in [-0.39, 0.29) is 37.2 Å². The normalized spacial score (nSPS) is 23.7. The number of rotatable bonds is 9. The first kappa shape index (κ1) is 57.9. The van der Waals surface area contributed by atoms with E-state index in [1.54, 1.807) is 38.5 Å². The molecule has 0 radical (unpaired) electrons. The number of quaternary nitrogens is 3. The summed E-state index contributed by atoms with van der Waals surface area (Å²) in [5.41, 5.74) is 22.0. The van der Waals surface area contributed by atoms with Crippen molar-refractivity contribution >= 4 is 5.57 Å². The van der Waals surface area contributed by atoms with Crippen LogP contribution in [-0.2, 0) is 0 Å². The molecule has 0 aromatic heterocycles. The first-order chi connectivity index (χ1) is 34.0. The van der Waals surface area contributed by atoms with Gasteiger partial charge in [0.2, 0.25) is 0 Å². The minimum atomic E-state index is 0. The van der Waals surface area contributed by atoms with E-state index in [1.165, 1.54) is 151 Å². The molecule has 7 heteroatoms. The fraction of sp³-hybridized carbons (Fsp3) is 0.424. The van der Waals surface area contributed by atoms with Crippen LogP contribution in [0.5, 0.6) is 5.75 Å². The van der Waals surface area contributed by atoms with Gasteiger partial charge in [0.15, 0.2) is 0 Å². The zero-order chi connectivity index (χ0) is 48.9. The van der Waals surface area contributed by atoms with Gasteiger partial charge in [-0.1, -0.05) is 149 Å². The highest BCUT2D eigenvalue weighted by atomic mass is 35.5. The third kappa shape index (κ3) is 13.0. The molecule has 3 aliphatic heterocycles. The van der Waals surface area contributed by atoms with E-state index in [0.29, 0.717) is 17.8 Å². The molecule has 6 aromatic carbocycles. The summed E-state index contributed by atoms with van der Waals surface area (Å²) in [7, 11) is 1.73. The molecule has 0 spiro atoms. The van der Waals surface area contributed by atoms with Gasteiger partial charge in [0.25, 0.3) is 0 Å². The average molecular weight is 1040 g/mol. The summed E-state index contributed by atoms with van der Waals surface area (Å²) in [6.45, 7) is 29.5. The molecule has 3 N–H and O–H groups in total. The lowest BCUT2D eigenvalue weighted by Gasteiger charge is -2.34. The molecular formula is C66H84Cl3N3O. The molecule has 7 atom stereocenters. The van der Waals surface area contributed by atoms with Crippen LogP contribution in [0.25, 0.3) is 5.57 Å². The molecule has 0 bridgehead atoms. The molecule has 0 amide bonds. The summed E-state index contributed by atoms with van der Waals surface area (Å²) in [5, 5.41) is 0. The zero-order valence-corrected chi connectivity index (χ0v) is 47.7. The largest absolute Gasteiger partial charge is 1.00 e. The van der Waals surface area contributed by atoms with Crippen molar-refractivity contribution in [2.45, 2.75) is 105 Å². The van der Waals surface area contributed by atoms with Gasteiger partial charge >= 0.3 is 0 Å². The van der Waals surface area contributed by atoms with Crippen molar-refractivity contribution in [2.75, 3.05) is 66.0 Å². The van der Waals surface area contributed by atoms with Crippen LogP contribution in [0.2, 0.25) is 0 Å². The number of halogens is 3. The van der Waals surface area contributed by atoms with Crippen molar-refractivity contribution in [2.24, 2.45) is 11.8 Å². The van der Waals surface area contributed by atoms with E-state index in [4.69, 9.17) is 4.74 Å². The van der Waals surface area contributed by atoms with Gasteiger partial charge in [-0.25, -0.2) is 0 Å². The minimum Gasteiger partial charge on any atom is -1.00 e. The average Bonchev–Trinajstić information content (AvgIpc) is 3.88. The van der Waals surface area contributed by atoms with Crippen LogP contribution < -0.4 is 56.7 Å². The van der Waals surface area contributed by atoms with Crippen LogP contribution in [0.4, 0.5) is 0 Å². The highest BCUT2D eigenvalue weighted by Crippen LogP contribution is 2.52. The van der Waals surface area contributed by atoms with Crippen molar-refractivity contribution in [3.8, 4) is 5.75 Å². The van der Waals surface area contributed by atoms with Crippen molar-refractivity contribution in [3.05, 3.63) is 211 Å². The SMILES string of the molecule is CC[NH+]1CCC([C@H](c2ccc(C)cc2)c2cccc(C)c2)CC1.CC[NH+]1CCC2=C(c3ccc(OC)cc3)c3cc(C)ccc3[C@H]2C1.CC[NH+]1CC[C@H]2[C@H](c3ccc(C)cc3)c3cc(C)ccc3[C@H]2C1.[Cl-].[Cl-].[Cl-]. The van der Waals surface area contributed by atoms with Gasteiger partial charge in [-0.3, -0.25) is 0 Å². The Kier molecular flexibility index (Phi) is 20.9. The lowest BCUT2D eigenvalue weighted by molar-refractivity contribution is -0.905. The molecule has 73 heavy (non-hydrogen) atoms. The van der Waals surface area contributed by atoms with Gasteiger partial charge in [-0.2, -0.15) is 0 Å². The Hall–Kier alpha value is -4.39. The van der Waals surface area contributed by atoms with E-state index < -0.39 is 0 Å². The molecule has 4 nitrogen and oxygen atoms in total. The van der Waals surface area contributed by atoms with Gasteiger partial charge < -0.3 is 56.7 Å². The second-order valence-electron chi connectivity index (χ2n) is 22.0. The fourth-order valence-electron chi connectivity index (χ4n) is 13.4. The molecule has 2 unspecified atom stereocenters. The maximum absolute atomic E-state index is 5.34. The van der Waals surface area contributed by atoms with Crippen molar-refractivity contribution in [3.63, 3.8) is 0 Å². The van der Waals surface area contributed by atoms with Crippen LogP contribution in [0.15, 0.2) is 139 Å². The number of hydrogen-bond donors (Lipinski definition) is 3. The van der Waals surface area contributed by atoms with Gasteiger partial charge in [-0.15, -0.1) is 0 Å². The van der Waals surface area contributed by atoms with E-state index >= 15 is 0 Å². The van der Waals surface area contributed by atoms with Gasteiger partial charge in [0.05, 0.1) is 71.9 Å². The molecule has 3 saturated heterocycles. The highest BCUT2D eigenvalue weighted by molar-refractivity contribution is 5.89. The summed E-state index contributed by atoms with van der Waals surface area (Å²) in [6.07, 6.45) is 5.26. The maximum Gasteiger partial charge on any atom is 0.118 e. The van der Waals surface area contributed by atoms with Crippen LogP contribution in [-0.4, -0.2) is 66.0 Å². The highest BCUT2D eigenvalue weighted by Gasteiger charge is 2.45. The topological polar surface area (TPSA) is 22.6 Å². The molecule has 5 aliphatic rings. The van der Waals surface area contributed by atoms with E-state index in [0.717, 1.165) is 23.5 Å². The van der Waals surface area contributed by atoms with Gasteiger partial charge in [-0.05, 0) is 135 Å². The molecule has 3 heterocycles. The molecular weight excluding hydrogens is 957 g/mol. The smallest absolute Gasteiger partial charge is 0.118 e. The van der Waals surface area contributed by atoms with Crippen molar-refractivity contribution in [1.29, 1.82) is 0 Å². The predicted octanol–water partition coefficient (Wildman–Crippen LogP) is 1.43. The Labute approximate surface area is 459 Å². The van der Waals surface area contributed by atoms with Crippen LogP contribution in [0, 0.1) is 46.5 Å². The molecule has 3 fully saturated rings. The van der Waals surface area contributed by atoms with Gasteiger partial charge in [0, 0.05) is 43.4 Å². The summed E-state index contributed by atoms with van der Waals surface area (Å²) in [6, 6.07) is 50.5. The summed E-state index contributed by atoms with van der Waals surface area (Å²) in [4.78, 5) is 5.28. The monoisotopic (exact) mass is 1040 g/mol.